The maximum Gasteiger partial charge on any atom is 0.325 e. The smallest absolute Gasteiger partial charge is 0.325 e. The van der Waals surface area contributed by atoms with E-state index in [9.17, 15) is 9.59 Å². The number of hydroxylamine groups is 1. The van der Waals surface area contributed by atoms with E-state index in [4.69, 9.17) is 14.7 Å². The molecule has 0 bridgehead atoms. The summed E-state index contributed by atoms with van der Waals surface area (Å²) in [6, 6.07) is 15.6. The number of esters is 1. The first-order valence-corrected chi connectivity index (χ1v) is 13.3. The first-order chi connectivity index (χ1) is 18.2. The Hall–Kier alpha value is -3.04. The van der Waals surface area contributed by atoms with E-state index in [2.05, 4.69) is 34.9 Å². The minimum atomic E-state index is -0.565. The van der Waals surface area contributed by atoms with Crippen molar-refractivity contribution in [3.05, 3.63) is 76.9 Å². The van der Waals surface area contributed by atoms with Gasteiger partial charge in [0, 0.05) is 25.7 Å². The molecule has 206 valence electrons. The first kappa shape index (κ1) is 29.5. The zero-order valence-electron chi connectivity index (χ0n) is 22.7. The van der Waals surface area contributed by atoms with E-state index in [0.717, 1.165) is 47.9 Å². The fraction of sp³-hybridized carbons (Fsp3) is 0.467. The van der Waals surface area contributed by atoms with Crippen LogP contribution in [0.4, 0.5) is 0 Å². The maximum atomic E-state index is 12.8. The summed E-state index contributed by atoms with van der Waals surface area (Å²) in [6.07, 6.45) is 7.08. The number of carbonyl (C=O) groups is 2. The highest BCUT2D eigenvalue weighted by molar-refractivity contribution is 5.90. The fourth-order valence-electron chi connectivity index (χ4n) is 4.18. The van der Waals surface area contributed by atoms with E-state index in [0.29, 0.717) is 19.6 Å². The minimum absolute atomic E-state index is 0.0277. The molecule has 3 rings (SSSR count). The molecule has 2 aromatic carbocycles. The van der Waals surface area contributed by atoms with Gasteiger partial charge in [0.15, 0.2) is 0 Å². The van der Waals surface area contributed by atoms with Crippen molar-refractivity contribution in [3.63, 3.8) is 0 Å². The molecule has 38 heavy (non-hydrogen) atoms. The van der Waals surface area contributed by atoms with Crippen LogP contribution in [-0.2, 0) is 38.7 Å². The topological polar surface area (TPSA) is 109 Å². The van der Waals surface area contributed by atoms with E-state index < -0.39 is 11.9 Å². The van der Waals surface area contributed by atoms with Gasteiger partial charge >= 0.3 is 5.97 Å². The number of hydrogen-bond donors (Lipinski definition) is 4. The van der Waals surface area contributed by atoms with Crippen LogP contribution in [-0.4, -0.2) is 41.4 Å². The number of amides is 1. The van der Waals surface area contributed by atoms with Gasteiger partial charge in [0.1, 0.15) is 12.1 Å². The molecule has 8 heteroatoms. The molecule has 1 aliphatic rings. The Kier molecular flexibility index (Phi) is 11.5. The molecule has 0 radical (unpaired) electrons. The van der Waals surface area contributed by atoms with E-state index in [1.165, 1.54) is 6.08 Å². The number of carbonyl (C=O) groups excluding carboxylic acids is 2. The van der Waals surface area contributed by atoms with E-state index in [-0.39, 0.29) is 24.3 Å². The van der Waals surface area contributed by atoms with Crippen LogP contribution < -0.4 is 16.1 Å². The normalized spacial score (nSPS) is 15.1. The van der Waals surface area contributed by atoms with Gasteiger partial charge in [-0.05, 0) is 74.8 Å². The van der Waals surface area contributed by atoms with Gasteiger partial charge in [-0.25, -0.2) is 5.48 Å². The zero-order valence-corrected chi connectivity index (χ0v) is 22.7. The average Bonchev–Trinajstić information content (AvgIpc) is 3.40. The lowest BCUT2D eigenvalue weighted by molar-refractivity contribution is -0.154. The number of hydrogen-bond acceptors (Lipinski definition) is 7. The summed E-state index contributed by atoms with van der Waals surface area (Å²) in [5.41, 5.74) is 5.44. The van der Waals surface area contributed by atoms with E-state index in [1.807, 2.05) is 45.0 Å². The third-order valence-electron chi connectivity index (χ3n) is 6.27. The lowest BCUT2D eigenvalue weighted by Crippen LogP contribution is -2.44. The van der Waals surface area contributed by atoms with Crippen LogP contribution in [0.25, 0.3) is 6.08 Å². The van der Waals surface area contributed by atoms with Gasteiger partial charge in [-0.2, -0.15) is 0 Å². The van der Waals surface area contributed by atoms with Gasteiger partial charge < -0.3 is 14.8 Å². The van der Waals surface area contributed by atoms with E-state index in [1.54, 1.807) is 11.6 Å². The molecular weight excluding hydrogens is 482 g/mol. The summed E-state index contributed by atoms with van der Waals surface area (Å²) in [4.78, 5) is 24.0. The van der Waals surface area contributed by atoms with Crippen molar-refractivity contribution in [1.29, 1.82) is 0 Å². The van der Waals surface area contributed by atoms with Crippen LogP contribution in [0.1, 0.15) is 68.7 Å². The SMILES string of the molecule is CC(C)(C)OC[C@H](NCc1ccc(CNCc2cccc(C=CC(=O)NO)c2)cc1)C(=O)OC1CCCC1. The quantitative estimate of drug-likeness (QED) is 0.134. The van der Waals surface area contributed by atoms with Crippen LogP contribution in [0.2, 0.25) is 0 Å². The number of nitrogens with one attached hydrogen (secondary N) is 3. The van der Waals surface area contributed by atoms with Gasteiger partial charge in [0.2, 0.25) is 0 Å². The van der Waals surface area contributed by atoms with Crippen LogP contribution in [0.3, 0.4) is 0 Å². The third-order valence-corrected chi connectivity index (χ3v) is 6.27. The lowest BCUT2D eigenvalue weighted by atomic mass is 10.1. The highest BCUT2D eigenvalue weighted by atomic mass is 16.6. The second kappa shape index (κ2) is 14.8. The van der Waals surface area contributed by atoms with Crippen LogP contribution in [0.15, 0.2) is 54.6 Å². The fourth-order valence-corrected chi connectivity index (χ4v) is 4.18. The number of rotatable bonds is 13. The predicted molar refractivity (Wildman–Crippen MR) is 147 cm³/mol. The Morgan fingerprint density at radius 1 is 1.00 bits per heavy atom. The molecule has 0 spiro atoms. The molecule has 1 aliphatic carbocycles. The zero-order chi connectivity index (χ0) is 27.4. The Morgan fingerprint density at radius 2 is 1.66 bits per heavy atom. The maximum absolute atomic E-state index is 12.8. The Bertz CT molecular complexity index is 1060. The van der Waals surface area contributed by atoms with E-state index >= 15 is 0 Å². The molecule has 1 saturated carbocycles. The molecule has 1 fully saturated rings. The average molecular weight is 524 g/mol. The van der Waals surface area contributed by atoms with Gasteiger partial charge in [0.05, 0.1) is 12.2 Å². The summed E-state index contributed by atoms with van der Waals surface area (Å²) in [5, 5.41) is 15.4. The van der Waals surface area contributed by atoms with Crippen LogP contribution in [0, 0.1) is 0 Å². The highest BCUT2D eigenvalue weighted by Gasteiger charge is 2.27. The predicted octanol–water partition coefficient (Wildman–Crippen LogP) is 4.25. The largest absolute Gasteiger partial charge is 0.461 e. The first-order valence-electron chi connectivity index (χ1n) is 13.3. The highest BCUT2D eigenvalue weighted by Crippen LogP contribution is 2.21. The van der Waals surface area contributed by atoms with Crippen molar-refractivity contribution in [1.82, 2.24) is 16.1 Å². The Labute approximate surface area is 225 Å². The molecule has 8 nitrogen and oxygen atoms in total. The standard InChI is InChI=1S/C30H41N3O5/c1-30(2,3)37-21-27(29(35)38-26-9-4-5-10-26)32-20-24-13-11-23(12-14-24)18-31-19-25-8-6-7-22(17-25)15-16-28(34)33-36/h6-8,11-17,26-27,31-32,36H,4-5,9-10,18-21H2,1-3H3,(H,33,34)/t27-/m0/s1. The van der Waals surface area contributed by atoms with Crippen molar-refractivity contribution in [2.75, 3.05) is 6.61 Å². The third kappa shape index (κ3) is 10.8. The molecule has 0 aliphatic heterocycles. The number of ether oxygens (including phenoxy) is 2. The molecule has 2 aromatic rings. The summed E-state index contributed by atoms with van der Waals surface area (Å²) < 4.78 is 11.6. The van der Waals surface area contributed by atoms with Crippen molar-refractivity contribution >= 4 is 18.0 Å². The molecular formula is C30H41N3O5. The molecule has 0 aromatic heterocycles. The lowest BCUT2D eigenvalue weighted by Gasteiger charge is -2.25. The molecule has 4 N–H and O–H groups in total. The molecule has 0 heterocycles. The van der Waals surface area contributed by atoms with Gasteiger partial charge in [-0.15, -0.1) is 0 Å². The summed E-state index contributed by atoms with van der Waals surface area (Å²) in [6.45, 7) is 8.12. The summed E-state index contributed by atoms with van der Waals surface area (Å²) in [7, 11) is 0. The van der Waals surface area contributed by atoms with Crippen LogP contribution >= 0.6 is 0 Å². The minimum Gasteiger partial charge on any atom is -0.461 e. The Morgan fingerprint density at radius 3 is 2.32 bits per heavy atom. The molecule has 0 saturated heterocycles. The van der Waals surface area contributed by atoms with Gasteiger partial charge in [0.25, 0.3) is 5.91 Å². The van der Waals surface area contributed by atoms with Crippen molar-refractivity contribution in [2.24, 2.45) is 0 Å². The molecule has 0 unspecified atom stereocenters. The van der Waals surface area contributed by atoms with Crippen molar-refractivity contribution in [2.45, 2.75) is 83.8 Å². The van der Waals surface area contributed by atoms with Crippen molar-refractivity contribution < 1.29 is 24.3 Å². The second-order valence-electron chi connectivity index (χ2n) is 10.7. The Balaban J connectivity index is 1.47. The van der Waals surface area contributed by atoms with Gasteiger partial charge in [-0.3, -0.25) is 20.1 Å². The second-order valence-corrected chi connectivity index (χ2v) is 10.7. The summed E-state index contributed by atoms with van der Waals surface area (Å²) in [5.74, 6) is -0.803. The van der Waals surface area contributed by atoms with Crippen molar-refractivity contribution in [3.8, 4) is 0 Å². The van der Waals surface area contributed by atoms with Crippen LogP contribution in [0.5, 0.6) is 0 Å². The molecule has 1 amide bonds. The van der Waals surface area contributed by atoms with Gasteiger partial charge in [-0.1, -0.05) is 48.5 Å². The monoisotopic (exact) mass is 523 g/mol. The molecule has 1 atom stereocenters. The summed E-state index contributed by atoms with van der Waals surface area (Å²) >= 11 is 0. The number of benzene rings is 2.